The third-order valence-electron chi connectivity index (χ3n) is 2.50. The summed E-state index contributed by atoms with van der Waals surface area (Å²) >= 11 is 2.06. The van der Waals surface area contributed by atoms with Crippen molar-refractivity contribution in [3.8, 4) is 5.75 Å². The fourth-order valence-electron chi connectivity index (χ4n) is 1.53. The number of furan rings is 1. The first-order valence-electron chi connectivity index (χ1n) is 5.87. The molecule has 1 aromatic carbocycles. The monoisotopic (exact) mass is 384 g/mol. The van der Waals surface area contributed by atoms with E-state index in [0.29, 0.717) is 5.76 Å². The normalized spacial score (nSPS) is 10.7. The van der Waals surface area contributed by atoms with E-state index in [-0.39, 0.29) is 12.3 Å². The highest BCUT2D eigenvalue weighted by molar-refractivity contribution is 14.1. The summed E-state index contributed by atoms with van der Waals surface area (Å²) in [7, 11) is 1.60. The molecule has 2 rings (SSSR count). The van der Waals surface area contributed by atoms with Crippen molar-refractivity contribution in [2.24, 2.45) is 5.10 Å². The van der Waals surface area contributed by atoms with Crippen molar-refractivity contribution in [1.29, 1.82) is 0 Å². The van der Waals surface area contributed by atoms with Gasteiger partial charge in [0.25, 0.3) is 0 Å². The maximum Gasteiger partial charge on any atom is 0.244 e. The second-order valence-corrected chi connectivity index (χ2v) is 5.02. The van der Waals surface area contributed by atoms with Crippen molar-refractivity contribution in [3.05, 3.63) is 51.5 Å². The zero-order valence-corrected chi connectivity index (χ0v) is 13.0. The molecule has 20 heavy (non-hydrogen) atoms. The predicted molar refractivity (Wildman–Crippen MR) is 83.9 cm³/mol. The van der Waals surface area contributed by atoms with Gasteiger partial charge in [-0.2, -0.15) is 5.10 Å². The molecule has 1 N–H and O–H groups in total. The maximum absolute atomic E-state index is 11.7. The van der Waals surface area contributed by atoms with E-state index in [1.807, 2.05) is 30.3 Å². The molecule has 1 aromatic heterocycles. The minimum atomic E-state index is -0.187. The van der Waals surface area contributed by atoms with Crippen LogP contribution in [-0.4, -0.2) is 19.2 Å². The van der Waals surface area contributed by atoms with Crippen LogP contribution in [0.5, 0.6) is 5.75 Å². The second-order valence-electron chi connectivity index (χ2n) is 3.96. The predicted octanol–water partition coefficient (Wildman–Crippen LogP) is 2.59. The number of halogens is 1. The van der Waals surface area contributed by atoms with Gasteiger partial charge >= 0.3 is 0 Å². The van der Waals surface area contributed by atoms with Gasteiger partial charge < -0.3 is 9.15 Å². The summed E-state index contributed by atoms with van der Waals surface area (Å²) in [5, 5.41) is 3.84. The van der Waals surface area contributed by atoms with Crippen LogP contribution in [-0.2, 0) is 11.2 Å². The van der Waals surface area contributed by atoms with Crippen LogP contribution < -0.4 is 10.2 Å². The summed E-state index contributed by atoms with van der Waals surface area (Å²) < 4.78 is 11.1. The number of methoxy groups -OCH3 is 1. The maximum atomic E-state index is 11.7. The van der Waals surface area contributed by atoms with E-state index in [1.54, 1.807) is 13.2 Å². The first-order valence-corrected chi connectivity index (χ1v) is 6.95. The summed E-state index contributed by atoms with van der Waals surface area (Å²) in [6.45, 7) is 0. The number of benzene rings is 1. The minimum Gasteiger partial charge on any atom is -0.497 e. The molecule has 0 aliphatic carbocycles. The summed E-state index contributed by atoms with van der Waals surface area (Å²) in [5.74, 6) is 1.17. The van der Waals surface area contributed by atoms with E-state index in [0.717, 1.165) is 15.1 Å². The Kier molecular flexibility index (Phi) is 5.16. The fourth-order valence-corrected chi connectivity index (χ4v) is 1.97. The number of hydrazone groups is 1. The van der Waals surface area contributed by atoms with Gasteiger partial charge in [0.2, 0.25) is 5.91 Å². The zero-order chi connectivity index (χ0) is 14.4. The van der Waals surface area contributed by atoms with E-state index in [4.69, 9.17) is 9.15 Å². The topological polar surface area (TPSA) is 63.8 Å². The van der Waals surface area contributed by atoms with Crippen molar-refractivity contribution in [3.63, 3.8) is 0 Å². The molecule has 0 atom stereocenters. The van der Waals surface area contributed by atoms with Gasteiger partial charge in [0.1, 0.15) is 11.5 Å². The minimum absolute atomic E-state index is 0.187. The molecule has 1 amide bonds. The third kappa shape index (κ3) is 4.37. The molecule has 1 heterocycles. The molecule has 0 spiro atoms. The Morgan fingerprint density at radius 3 is 2.70 bits per heavy atom. The molecule has 0 aliphatic rings. The van der Waals surface area contributed by atoms with Crippen LogP contribution in [0.1, 0.15) is 11.3 Å². The van der Waals surface area contributed by atoms with E-state index in [1.165, 1.54) is 6.21 Å². The van der Waals surface area contributed by atoms with Gasteiger partial charge in [-0.3, -0.25) is 4.79 Å². The number of hydrogen-bond acceptors (Lipinski definition) is 4. The number of ether oxygens (including phenoxy) is 1. The van der Waals surface area contributed by atoms with Crippen LogP contribution in [0.25, 0.3) is 0 Å². The number of nitrogens with one attached hydrogen (secondary N) is 1. The molecule has 0 fully saturated rings. The molecule has 0 saturated carbocycles. The zero-order valence-electron chi connectivity index (χ0n) is 10.8. The molecule has 6 heteroatoms. The Labute approximate surface area is 130 Å². The second kappa shape index (κ2) is 7.09. The number of carbonyl (C=O) groups is 1. The summed E-state index contributed by atoms with van der Waals surface area (Å²) in [4.78, 5) is 11.7. The van der Waals surface area contributed by atoms with Crippen molar-refractivity contribution in [1.82, 2.24) is 5.43 Å². The van der Waals surface area contributed by atoms with Gasteiger partial charge in [-0.05, 0) is 52.4 Å². The van der Waals surface area contributed by atoms with Crippen molar-refractivity contribution in [2.45, 2.75) is 6.42 Å². The molecule has 0 bridgehead atoms. The highest BCUT2D eigenvalue weighted by Gasteiger charge is 2.02. The molecule has 2 aromatic rings. The molecule has 0 radical (unpaired) electrons. The lowest BCUT2D eigenvalue weighted by Crippen LogP contribution is -2.19. The van der Waals surface area contributed by atoms with Crippen LogP contribution in [0.15, 0.2) is 45.9 Å². The Balaban J connectivity index is 1.84. The van der Waals surface area contributed by atoms with Crippen LogP contribution in [0.3, 0.4) is 0 Å². The lowest BCUT2D eigenvalue weighted by molar-refractivity contribution is -0.120. The first kappa shape index (κ1) is 14.6. The van der Waals surface area contributed by atoms with Crippen LogP contribution in [0.4, 0.5) is 0 Å². The number of nitrogens with zero attached hydrogens (tertiary/aromatic N) is 1. The molecular formula is C14H13IN2O3. The number of rotatable bonds is 5. The van der Waals surface area contributed by atoms with Gasteiger partial charge in [-0.25, -0.2) is 5.43 Å². The standard InChI is InChI=1S/C14H13IN2O3/c1-19-11-4-2-10(3-5-11)8-14(18)17-16-9-12-6-7-13(15)20-12/h2-7,9H,8H2,1H3,(H,17,18)/b16-9-. The molecule has 5 nitrogen and oxygen atoms in total. The van der Waals surface area contributed by atoms with Crippen LogP contribution in [0.2, 0.25) is 0 Å². The van der Waals surface area contributed by atoms with E-state index in [2.05, 4.69) is 33.1 Å². The number of amides is 1. The van der Waals surface area contributed by atoms with Gasteiger partial charge in [0.05, 0.1) is 19.7 Å². The lowest BCUT2D eigenvalue weighted by Gasteiger charge is -2.02. The molecular weight excluding hydrogens is 371 g/mol. The van der Waals surface area contributed by atoms with Gasteiger partial charge in [-0.1, -0.05) is 12.1 Å². The number of carbonyl (C=O) groups excluding carboxylic acids is 1. The average molecular weight is 384 g/mol. The highest BCUT2D eigenvalue weighted by Crippen LogP contribution is 2.11. The summed E-state index contributed by atoms with van der Waals surface area (Å²) in [6, 6.07) is 10.9. The van der Waals surface area contributed by atoms with Crippen molar-refractivity contribution >= 4 is 34.7 Å². The fraction of sp³-hybridized carbons (Fsp3) is 0.143. The molecule has 0 unspecified atom stereocenters. The molecule has 104 valence electrons. The van der Waals surface area contributed by atoms with E-state index < -0.39 is 0 Å². The van der Waals surface area contributed by atoms with Gasteiger partial charge in [0.15, 0.2) is 3.77 Å². The van der Waals surface area contributed by atoms with Crippen LogP contribution >= 0.6 is 22.6 Å². The largest absolute Gasteiger partial charge is 0.497 e. The molecule has 0 aliphatic heterocycles. The van der Waals surface area contributed by atoms with Crippen molar-refractivity contribution < 1.29 is 13.9 Å². The van der Waals surface area contributed by atoms with E-state index >= 15 is 0 Å². The lowest BCUT2D eigenvalue weighted by atomic mass is 10.1. The van der Waals surface area contributed by atoms with Crippen LogP contribution in [0, 0.1) is 3.77 Å². The average Bonchev–Trinajstić information content (AvgIpc) is 2.85. The first-order chi connectivity index (χ1) is 9.67. The smallest absolute Gasteiger partial charge is 0.244 e. The highest BCUT2D eigenvalue weighted by atomic mass is 127. The van der Waals surface area contributed by atoms with Gasteiger partial charge in [0, 0.05) is 0 Å². The number of hydrogen-bond donors (Lipinski definition) is 1. The molecule has 0 saturated heterocycles. The Morgan fingerprint density at radius 1 is 1.35 bits per heavy atom. The third-order valence-corrected chi connectivity index (χ3v) is 3.08. The van der Waals surface area contributed by atoms with Gasteiger partial charge in [-0.15, -0.1) is 0 Å². The Morgan fingerprint density at radius 2 is 2.10 bits per heavy atom. The quantitative estimate of drug-likeness (QED) is 0.490. The van der Waals surface area contributed by atoms with Crippen molar-refractivity contribution in [2.75, 3.05) is 7.11 Å². The Bertz CT molecular complexity index is 605. The Hall–Kier alpha value is -1.83. The summed E-state index contributed by atoms with van der Waals surface area (Å²) in [6.07, 6.45) is 1.73. The SMILES string of the molecule is COc1ccc(CC(=O)N/N=C\c2ccc(I)o2)cc1. The van der Waals surface area contributed by atoms with E-state index in [9.17, 15) is 4.79 Å². The summed E-state index contributed by atoms with van der Waals surface area (Å²) in [5.41, 5.74) is 3.35.